The zero-order chi connectivity index (χ0) is 85.0. The molecule has 0 fully saturated rings. The number of rotatable bonds is 16. The van der Waals surface area contributed by atoms with Crippen LogP contribution in [0.3, 0.4) is 0 Å². The van der Waals surface area contributed by atoms with Crippen molar-refractivity contribution < 1.29 is 22.8 Å². The summed E-state index contributed by atoms with van der Waals surface area (Å²) in [5, 5.41) is 35.6. The van der Waals surface area contributed by atoms with Gasteiger partial charge in [0.1, 0.15) is 34.2 Å². The van der Waals surface area contributed by atoms with Gasteiger partial charge in [0.2, 0.25) is 10.0 Å². The van der Waals surface area contributed by atoms with Crippen LogP contribution in [0.5, 0.6) is 0 Å². The van der Waals surface area contributed by atoms with Crippen molar-refractivity contribution in [3.05, 3.63) is 293 Å². The average Bonchev–Trinajstić information content (AvgIpc) is 1.02. The van der Waals surface area contributed by atoms with Gasteiger partial charge in [0.05, 0.1) is 115 Å². The SMILES string of the molecule is CC[C@H](NC(=O)c1c(C)nn2cccnc12)c1nc2cccc(C#Cc3cnn(C)c3)c2c(=O)n1-c1ccccc1.Cc1nn2cccnc2c1C(=O)N[C@@H](C)c1nc2cccc(C#Cc3cnn(C)c3)c2c(=O)n1C(C)C.Cc1nn2cccnc2c1C(=O)N[C@@H](C)c1nc2cccc(C#Cc3cnn(C)c3)c2c(=O)n1CCS(=O)(=O)N(C)C. The maximum Gasteiger partial charge on any atom is 0.267 e. The zero-order valence-electron chi connectivity index (χ0n) is 67.7. The van der Waals surface area contributed by atoms with Gasteiger partial charge in [0.25, 0.3) is 34.4 Å². The summed E-state index contributed by atoms with van der Waals surface area (Å²) in [7, 11) is 4.64. The number of hydrogen-bond acceptors (Lipinski definition) is 20. The smallest absolute Gasteiger partial charge is 0.267 e. The molecule has 4 aromatic carbocycles. The van der Waals surface area contributed by atoms with E-state index in [1.165, 1.54) is 23.2 Å². The van der Waals surface area contributed by atoms with Crippen molar-refractivity contribution in [3.63, 3.8) is 0 Å². The topological polar surface area (TPSA) is 373 Å². The third-order valence-corrected chi connectivity index (χ3v) is 21.4. The van der Waals surface area contributed by atoms with Gasteiger partial charge < -0.3 is 16.0 Å². The number of fused-ring (bicyclic) bond motifs is 6. The van der Waals surface area contributed by atoms with Gasteiger partial charge >= 0.3 is 0 Å². The maximum absolute atomic E-state index is 14.3. The molecule has 16 aromatic rings. The Bertz CT molecular complexity index is 7250. The van der Waals surface area contributed by atoms with Crippen molar-refractivity contribution in [3.8, 4) is 41.2 Å². The largest absolute Gasteiger partial charge is 0.342 e. The first-order valence-electron chi connectivity index (χ1n) is 38.1. The van der Waals surface area contributed by atoms with E-state index in [4.69, 9.17) is 15.0 Å². The summed E-state index contributed by atoms with van der Waals surface area (Å²) in [6.45, 7) is 14.3. The van der Waals surface area contributed by atoms with Crippen LogP contribution in [-0.2, 0) is 37.7 Å². The summed E-state index contributed by atoms with van der Waals surface area (Å²) < 4.78 is 40.5. The third kappa shape index (κ3) is 16.8. The van der Waals surface area contributed by atoms with Gasteiger partial charge in [-0.15, -0.1) is 0 Å². The second kappa shape index (κ2) is 34.3. The Kier molecular flexibility index (Phi) is 23.3. The van der Waals surface area contributed by atoms with Gasteiger partial charge in [-0.05, 0) is 122 Å². The van der Waals surface area contributed by atoms with Crippen molar-refractivity contribution >= 4 is 77.4 Å². The van der Waals surface area contributed by atoms with Crippen molar-refractivity contribution in [2.24, 2.45) is 21.1 Å². The van der Waals surface area contributed by atoms with Crippen LogP contribution in [0.2, 0.25) is 0 Å². The van der Waals surface area contributed by atoms with Crippen molar-refractivity contribution in [1.82, 2.24) is 122 Å². The van der Waals surface area contributed by atoms with E-state index >= 15 is 0 Å². The molecule has 0 bridgehead atoms. The first kappa shape index (κ1) is 81.4. The Morgan fingerprint density at radius 3 is 1.27 bits per heavy atom. The van der Waals surface area contributed by atoms with Crippen LogP contribution < -0.4 is 32.6 Å². The summed E-state index contributed by atoms with van der Waals surface area (Å²) in [4.78, 5) is 110. The van der Waals surface area contributed by atoms with Gasteiger partial charge in [-0.25, -0.2) is 56.2 Å². The molecule has 12 aromatic heterocycles. The molecular weight excluding hydrogens is 1540 g/mol. The Balaban J connectivity index is 0.000000148. The second-order valence-electron chi connectivity index (χ2n) is 28.6. The molecule has 0 aliphatic rings. The minimum Gasteiger partial charge on any atom is -0.342 e. The van der Waals surface area contributed by atoms with Crippen LogP contribution in [0.15, 0.2) is 192 Å². The predicted molar refractivity (Wildman–Crippen MR) is 450 cm³/mol. The molecule has 12 heterocycles. The van der Waals surface area contributed by atoms with Gasteiger partial charge in [-0.1, -0.05) is 78.8 Å². The van der Waals surface area contributed by atoms with Gasteiger partial charge in [0, 0.05) is 120 Å². The number of hydrogen-bond donors (Lipinski definition) is 3. The zero-order valence-corrected chi connectivity index (χ0v) is 68.5. The number of nitrogens with one attached hydrogen (secondary N) is 3. The van der Waals surface area contributed by atoms with Crippen LogP contribution >= 0.6 is 0 Å². The normalized spacial score (nSPS) is 12.1. The molecule has 0 aliphatic heterocycles. The van der Waals surface area contributed by atoms with Crippen LogP contribution in [0, 0.1) is 56.3 Å². The second-order valence-corrected chi connectivity index (χ2v) is 30.9. The molecule has 16 rings (SSSR count). The summed E-state index contributed by atoms with van der Waals surface area (Å²) in [6.07, 6.45) is 20.8. The fourth-order valence-electron chi connectivity index (χ4n) is 13.8. The maximum atomic E-state index is 14.3. The molecule has 0 spiro atoms. The highest BCUT2D eigenvalue weighted by molar-refractivity contribution is 7.89. The Labute approximate surface area is 686 Å². The minimum atomic E-state index is -3.65. The monoisotopic (exact) mass is 1620 g/mol. The lowest BCUT2D eigenvalue weighted by Gasteiger charge is -2.22. The molecular formula is C86H81N25O8S. The summed E-state index contributed by atoms with van der Waals surface area (Å²) in [5.74, 6) is 18.0. The van der Waals surface area contributed by atoms with E-state index in [-0.39, 0.29) is 52.5 Å². The number of para-hydroxylation sites is 1. The molecule has 120 heavy (non-hydrogen) atoms. The number of aromatic nitrogens is 21. The predicted octanol–water partition coefficient (Wildman–Crippen LogP) is 7.97. The van der Waals surface area contributed by atoms with Crippen LogP contribution in [0.1, 0.15) is 164 Å². The summed E-state index contributed by atoms with van der Waals surface area (Å²) in [5.41, 5.74) is 8.81. The first-order chi connectivity index (χ1) is 57.6. The van der Waals surface area contributed by atoms with Crippen molar-refractivity contribution in [2.75, 3.05) is 19.8 Å². The molecule has 3 atom stereocenters. The Morgan fingerprint density at radius 1 is 0.475 bits per heavy atom. The molecule has 33 nitrogen and oxygen atoms in total. The van der Waals surface area contributed by atoms with Crippen LogP contribution in [0.25, 0.3) is 55.3 Å². The van der Waals surface area contributed by atoms with E-state index in [1.807, 2.05) is 109 Å². The first-order valence-corrected chi connectivity index (χ1v) is 39.7. The molecule has 604 valence electrons. The lowest BCUT2D eigenvalue weighted by molar-refractivity contribution is 0.0927. The number of aryl methyl sites for hydroxylation is 6. The lowest BCUT2D eigenvalue weighted by Crippen LogP contribution is -2.36. The summed E-state index contributed by atoms with van der Waals surface area (Å²) >= 11 is 0. The van der Waals surface area contributed by atoms with Crippen molar-refractivity contribution in [1.29, 1.82) is 0 Å². The van der Waals surface area contributed by atoms with E-state index in [1.54, 1.807) is 177 Å². The minimum absolute atomic E-state index is 0.181. The van der Waals surface area contributed by atoms with E-state index in [0.717, 1.165) is 15.4 Å². The molecule has 0 radical (unpaired) electrons. The van der Waals surface area contributed by atoms with E-state index in [2.05, 4.69) is 97.0 Å². The Hall–Kier alpha value is -15.2. The molecule has 0 unspecified atom stereocenters. The number of sulfonamides is 1. The van der Waals surface area contributed by atoms with E-state index in [0.29, 0.717) is 124 Å². The standard InChI is InChI=1S/C31H26N8O2.C28H29N9O4S.C27H26N8O2/c1-4-24(35-30(40)26-20(2)36-38-17-9-16-32-29(26)38)28-34-25-13-8-10-22(15-14-21-18-33-37(3)19-21)27(25)31(41)39(28)23-11-6-5-7-12-23;1-18-23(26-29-12-7-13-37(26)33-18)27(38)31-19(2)25-32-22-9-6-8-21(11-10-20-16-30-35(5)17-20)24(22)28(39)36(25)14-15-42(40,41)34(3)4;1-16(2)35-24(18(4)30-26(36)22-17(3)32-34-13-7-12-28-25(22)34)31-21-9-6-8-20(23(21)27(35)37)11-10-19-14-29-33(5)15-19/h5-13,16-19,24H,4H2,1-3H3,(H,35,40);6-9,12-13,16-17,19H,14-15H2,1-5H3,(H,31,38);6-9,12-16,18H,1-5H3,(H,30,36)/t24-;19-;18-/m000/s1. The molecule has 34 heteroatoms. The van der Waals surface area contributed by atoms with Gasteiger partial charge in [-0.2, -0.15) is 30.6 Å². The highest BCUT2D eigenvalue weighted by Gasteiger charge is 2.30. The highest BCUT2D eigenvalue weighted by atomic mass is 32.2. The van der Waals surface area contributed by atoms with E-state index < -0.39 is 39.6 Å². The quantitative estimate of drug-likeness (QED) is 0.0772. The van der Waals surface area contributed by atoms with Gasteiger partial charge in [-0.3, -0.25) is 56.5 Å². The highest BCUT2D eigenvalue weighted by Crippen LogP contribution is 2.27. The third-order valence-electron chi connectivity index (χ3n) is 19.6. The molecule has 3 N–H and O–H groups in total. The summed E-state index contributed by atoms with van der Waals surface area (Å²) in [6, 6.07) is 28.4. The molecule has 0 aliphatic carbocycles. The number of amides is 3. The average molecular weight is 1620 g/mol. The molecule has 0 saturated heterocycles. The Morgan fingerprint density at radius 2 is 0.867 bits per heavy atom. The molecule has 0 saturated carbocycles. The number of nitrogens with zero attached hydrogens (tertiary/aromatic N) is 22. The lowest BCUT2D eigenvalue weighted by atomic mass is 10.1. The number of carbonyl (C=O) groups is 3. The van der Waals surface area contributed by atoms with E-state index in [9.17, 15) is 37.2 Å². The fourth-order valence-corrected chi connectivity index (χ4v) is 14.6. The number of benzene rings is 4. The molecule has 3 amide bonds. The fraction of sp³-hybridized carbons (Fsp3) is 0.233. The van der Waals surface area contributed by atoms with Crippen LogP contribution in [0.4, 0.5) is 0 Å². The van der Waals surface area contributed by atoms with Crippen LogP contribution in [-0.4, -0.2) is 152 Å². The van der Waals surface area contributed by atoms with Gasteiger partial charge in [0.15, 0.2) is 16.9 Å². The number of carbonyl (C=O) groups excluding carboxylic acids is 3. The van der Waals surface area contributed by atoms with Crippen molar-refractivity contribution in [2.45, 2.75) is 92.5 Å².